The smallest absolute Gasteiger partial charge is 0.337 e. The van der Waals surface area contributed by atoms with Crippen molar-refractivity contribution in [1.82, 2.24) is 9.13 Å². The summed E-state index contributed by atoms with van der Waals surface area (Å²) in [4.78, 5) is 24.6. The molecule has 1 aliphatic carbocycles. The molecule has 2 aromatic carbocycles. The van der Waals surface area contributed by atoms with Crippen LogP contribution >= 0.6 is 0 Å². The maximum absolute atomic E-state index is 12.4. The van der Waals surface area contributed by atoms with E-state index in [4.69, 9.17) is 10.5 Å². The van der Waals surface area contributed by atoms with Crippen LogP contribution in [0, 0.1) is 0 Å². The third-order valence-electron chi connectivity index (χ3n) is 7.73. The van der Waals surface area contributed by atoms with Crippen molar-refractivity contribution in [3.05, 3.63) is 59.3 Å². The number of nitrogens with two attached hydrogens (primary N) is 1. The lowest BCUT2D eigenvalue weighted by Crippen LogP contribution is -2.19. The van der Waals surface area contributed by atoms with Gasteiger partial charge in [-0.15, -0.1) is 0 Å². The number of para-hydroxylation sites is 1. The monoisotopic (exact) mass is 455 g/mol. The van der Waals surface area contributed by atoms with E-state index in [1.54, 1.807) is 0 Å². The van der Waals surface area contributed by atoms with Crippen molar-refractivity contribution < 1.29 is 14.3 Å². The molecule has 1 saturated carbocycles. The lowest BCUT2D eigenvalue weighted by Gasteiger charge is -2.25. The number of aromatic nitrogens is 2. The van der Waals surface area contributed by atoms with Crippen LogP contribution in [0.25, 0.3) is 33.1 Å². The van der Waals surface area contributed by atoms with Crippen LogP contribution in [0.5, 0.6) is 0 Å². The molecule has 34 heavy (non-hydrogen) atoms. The van der Waals surface area contributed by atoms with Crippen molar-refractivity contribution in [1.29, 1.82) is 0 Å². The Morgan fingerprint density at radius 3 is 2.53 bits per heavy atom. The van der Waals surface area contributed by atoms with Gasteiger partial charge in [0.05, 0.1) is 23.9 Å². The first-order valence-electron chi connectivity index (χ1n) is 12.3. The minimum absolute atomic E-state index is 0.315. The average molecular weight is 456 g/mol. The number of hydrogen-bond acceptors (Lipinski definition) is 3. The Balaban J connectivity index is 1.72. The van der Waals surface area contributed by atoms with Crippen molar-refractivity contribution in [2.75, 3.05) is 7.11 Å². The van der Waals surface area contributed by atoms with Crippen molar-refractivity contribution in [3.63, 3.8) is 0 Å². The zero-order valence-corrected chi connectivity index (χ0v) is 19.5. The molecule has 0 saturated heterocycles. The number of nitrogens with zero attached hydrogens (tertiary/aromatic N) is 2. The summed E-state index contributed by atoms with van der Waals surface area (Å²) < 4.78 is 9.53. The molecule has 0 spiro atoms. The van der Waals surface area contributed by atoms with Gasteiger partial charge in [0.2, 0.25) is 0 Å². The van der Waals surface area contributed by atoms with Gasteiger partial charge in [-0.3, -0.25) is 4.79 Å². The Bertz CT molecular complexity index is 1450. The van der Waals surface area contributed by atoms with E-state index in [0.717, 1.165) is 34.9 Å². The fraction of sp³-hybridized carbons (Fsp3) is 0.357. The van der Waals surface area contributed by atoms with Crippen LogP contribution in [0.1, 0.15) is 70.9 Å². The Labute approximate surface area is 198 Å². The van der Waals surface area contributed by atoms with Gasteiger partial charge in [0, 0.05) is 34.9 Å². The summed E-state index contributed by atoms with van der Waals surface area (Å²) in [5, 5.41) is 2.26. The van der Waals surface area contributed by atoms with E-state index in [0.29, 0.717) is 23.7 Å². The number of ether oxygens (including phenoxy) is 1. The van der Waals surface area contributed by atoms with Gasteiger partial charge in [-0.05, 0) is 48.9 Å². The van der Waals surface area contributed by atoms with Crippen molar-refractivity contribution >= 4 is 33.7 Å². The number of aryl methyl sites for hydroxylation is 2. The molecule has 174 valence electrons. The molecule has 0 atom stereocenters. The third-order valence-corrected chi connectivity index (χ3v) is 7.73. The summed E-state index contributed by atoms with van der Waals surface area (Å²) in [6.45, 7) is 1.52. The van der Waals surface area contributed by atoms with Gasteiger partial charge in [0.15, 0.2) is 0 Å². The average Bonchev–Trinajstić information content (AvgIpc) is 3.38. The maximum atomic E-state index is 12.4. The van der Waals surface area contributed by atoms with Crippen LogP contribution in [0.3, 0.4) is 0 Å². The van der Waals surface area contributed by atoms with Gasteiger partial charge in [0.1, 0.15) is 5.69 Å². The summed E-state index contributed by atoms with van der Waals surface area (Å²) in [7, 11) is 1.42. The van der Waals surface area contributed by atoms with Crippen LogP contribution in [0.2, 0.25) is 0 Å². The molecule has 6 rings (SSSR count). The van der Waals surface area contributed by atoms with Gasteiger partial charge in [-0.25, -0.2) is 4.79 Å². The summed E-state index contributed by atoms with van der Waals surface area (Å²) >= 11 is 0. The first-order chi connectivity index (χ1) is 16.6. The van der Waals surface area contributed by atoms with E-state index >= 15 is 0 Å². The molecule has 2 aromatic heterocycles. The van der Waals surface area contributed by atoms with E-state index in [-0.39, 0.29) is 5.97 Å². The number of rotatable bonds is 3. The van der Waals surface area contributed by atoms with Gasteiger partial charge in [0.25, 0.3) is 5.91 Å². The lowest BCUT2D eigenvalue weighted by atomic mass is 9.81. The summed E-state index contributed by atoms with van der Waals surface area (Å²) in [5.74, 6) is -0.228. The fourth-order valence-electron chi connectivity index (χ4n) is 6.29. The van der Waals surface area contributed by atoms with E-state index in [2.05, 4.69) is 33.4 Å². The van der Waals surface area contributed by atoms with Crippen LogP contribution in [0.15, 0.2) is 42.5 Å². The second kappa shape index (κ2) is 8.05. The largest absolute Gasteiger partial charge is 0.465 e. The van der Waals surface area contributed by atoms with Crippen LogP contribution in [-0.2, 0) is 17.8 Å². The van der Waals surface area contributed by atoms with Gasteiger partial charge >= 0.3 is 5.97 Å². The molecular formula is C28H29N3O3. The maximum Gasteiger partial charge on any atom is 0.337 e. The fourth-order valence-corrected chi connectivity index (χ4v) is 6.29. The molecule has 2 N–H and O–H groups in total. The highest BCUT2D eigenvalue weighted by molar-refractivity contribution is 6.05. The minimum atomic E-state index is -0.390. The van der Waals surface area contributed by atoms with E-state index in [9.17, 15) is 9.59 Å². The number of fused-ring (bicyclic) bond motifs is 4. The second-order valence-electron chi connectivity index (χ2n) is 9.61. The molecule has 2 aliphatic rings. The number of esters is 1. The summed E-state index contributed by atoms with van der Waals surface area (Å²) in [6.07, 6.45) is 6.98. The SMILES string of the molecule is COC(=O)c1ccc2c(C3CCCCC3)c3n(c2c1)CCCn1c(C(N)=O)cc2cccc-3c21. The van der Waals surface area contributed by atoms with E-state index < -0.39 is 5.91 Å². The number of carbonyl (C=O) groups excluding carboxylic acids is 2. The molecule has 0 radical (unpaired) electrons. The minimum Gasteiger partial charge on any atom is -0.465 e. The molecule has 1 amide bonds. The molecular weight excluding hydrogens is 426 g/mol. The molecule has 6 heteroatoms. The molecule has 1 fully saturated rings. The number of hydrogen-bond donors (Lipinski definition) is 1. The Hall–Kier alpha value is -3.54. The molecule has 1 aliphatic heterocycles. The Morgan fingerprint density at radius 2 is 1.76 bits per heavy atom. The highest BCUT2D eigenvalue weighted by Crippen LogP contribution is 2.46. The van der Waals surface area contributed by atoms with E-state index in [1.165, 1.54) is 55.9 Å². The number of benzene rings is 2. The van der Waals surface area contributed by atoms with Crippen molar-refractivity contribution in [3.8, 4) is 11.3 Å². The van der Waals surface area contributed by atoms with Crippen LogP contribution in [0.4, 0.5) is 0 Å². The number of amides is 1. The highest BCUT2D eigenvalue weighted by atomic mass is 16.5. The predicted octanol–water partition coefficient (Wildman–Crippen LogP) is 5.60. The van der Waals surface area contributed by atoms with Gasteiger partial charge in [-0.2, -0.15) is 0 Å². The molecule has 0 unspecified atom stereocenters. The highest BCUT2D eigenvalue weighted by Gasteiger charge is 2.30. The normalized spacial score (nSPS) is 16.3. The first kappa shape index (κ1) is 21.0. The third kappa shape index (κ3) is 3.08. The van der Waals surface area contributed by atoms with Gasteiger partial charge in [-0.1, -0.05) is 43.5 Å². The van der Waals surface area contributed by atoms with Gasteiger partial charge < -0.3 is 19.6 Å². The quantitative estimate of drug-likeness (QED) is 0.408. The van der Waals surface area contributed by atoms with Crippen LogP contribution in [-0.4, -0.2) is 28.1 Å². The standard InChI is InChI=1S/C28H29N3O3/c1-34-28(33)19-11-12-20-22(16-19)30-13-6-14-31-23(27(29)32)15-18-9-5-10-21(25(18)31)26(30)24(20)17-7-3-2-4-8-17/h5,9-12,15-17H,2-4,6-8,13-14H2,1H3,(H2,29,32). The number of carbonyl (C=O) groups is 2. The number of methoxy groups -OCH3 is 1. The predicted molar refractivity (Wildman–Crippen MR) is 133 cm³/mol. The van der Waals surface area contributed by atoms with Crippen molar-refractivity contribution in [2.45, 2.75) is 57.5 Å². The molecule has 4 aromatic rings. The number of primary amides is 1. The lowest BCUT2D eigenvalue weighted by molar-refractivity contribution is 0.0600. The zero-order valence-electron chi connectivity index (χ0n) is 19.5. The molecule has 3 heterocycles. The zero-order chi connectivity index (χ0) is 23.4. The van der Waals surface area contributed by atoms with Crippen molar-refractivity contribution in [2.24, 2.45) is 5.73 Å². The first-order valence-corrected chi connectivity index (χ1v) is 12.3. The second-order valence-corrected chi connectivity index (χ2v) is 9.61. The van der Waals surface area contributed by atoms with E-state index in [1.807, 2.05) is 18.2 Å². The summed E-state index contributed by atoms with van der Waals surface area (Å²) in [5.41, 5.74) is 12.8. The topological polar surface area (TPSA) is 79.2 Å². The molecule has 0 bridgehead atoms. The Kier molecular flexibility index (Phi) is 4.97. The Morgan fingerprint density at radius 1 is 0.971 bits per heavy atom. The molecule has 6 nitrogen and oxygen atoms in total. The summed E-state index contributed by atoms with van der Waals surface area (Å²) in [6, 6.07) is 14.2. The van der Waals surface area contributed by atoms with Crippen LogP contribution < -0.4 is 5.73 Å².